The van der Waals surface area contributed by atoms with Crippen LogP contribution in [0.3, 0.4) is 0 Å². The van der Waals surface area contributed by atoms with Crippen molar-refractivity contribution in [2.24, 2.45) is 0 Å². The fourth-order valence-corrected chi connectivity index (χ4v) is 4.09. The molecule has 2 heterocycles. The maximum Gasteiger partial charge on any atom is 0.266 e. The molecule has 1 aliphatic heterocycles. The summed E-state index contributed by atoms with van der Waals surface area (Å²) in [6.45, 7) is 0. The van der Waals surface area contributed by atoms with Gasteiger partial charge in [-0.3, -0.25) is 14.4 Å². The van der Waals surface area contributed by atoms with Gasteiger partial charge in [-0.2, -0.15) is 0 Å². The molecule has 0 atom stereocenters. The Bertz CT molecular complexity index is 1330. The van der Waals surface area contributed by atoms with Crippen molar-refractivity contribution in [3.8, 4) is 11.5 Å². The van der Waals surface area contributed by atoms with Gasteiger partial charge in [-0.05, 0) is 53.9 Å². The summed E-state index contributed by atoms with van der Waals surface area (Å²) in [5.41, 5.74) is 1.74. The molecule has 32 heavy (non-hydrogen) atoms. The Balaban J connectivity index is 1.36. The maximum absolute atomic E-state index is 12.9. The fraction of sp³-hybridized carbons (Fsp3) is 0. The quantitative estimate of drug-likeness (QED) is 0.410. The first-order valence-corrected chi connectivity index (χ1v) is 10.7. The van der Waals surface area contributed by atoms with Crippen molar-refractivity contribution in [2.75, 3.05) is 10.2 Å². The number of imide groups is 1. The third-order valence-electron chi connectivity index (χ3n) is 4.94. The molecular formula is C25H16N2O4S. The Hall–Kier alpha value is -4.23. The van der Waals surface area contributed by atoms with Crippen LogP contribution in [0, 0.1) is 0 Å². The van der Waals surface area contributed by atoms with Gasteiger partial charge in [-0.1, -0.05) is 30.3 Å². The summed E-state index contributed by atoms with van der Waals surface area (Å²) in [6, 6.07) is 24.2. The zero-order chi connectivity index (χ0) is 22.1. The number of anilines is 2. The Morgan fingerprint density at radius 3 is 2.34 bits per heavy atom. The molecular weight excluding hydrogens is 424 g/mol. The second kappa shape index (κ2) is 8.13. The third-order valence-corrected chi connectivity index (χ3v) is 5.81. The first kappa shape index (κ1) is 19.7. The van der Waals surface area contributed by atoms with Crippen LogP contribution < -0.4 is 15.0 Å². The molecule has 0 saturated heterocycles. The van der Waals surface area contributed by atoms with E-state index in [1.807, 2.05) is 17.5 Å². The standard InChI is InChI=1S/C25H16N2O4S/c28-23(22-10-5-13-32-22)26-16-6-4-9-18(14-16)31-19-11-12-20-21(15-19)25(30)27(24(20)29)17-7-2-1-3-8-17/h1-15H,(H,26,28). The van der Waals surface area contributed by atoms with E-state index in [0.717, 1.165) is 4.90 Å². The number of amides is 3. The second-order valence-electron chi connectivity index (χ2n) is 7.05. The minimum Gasteiger partial charge on any atom is -0.457 e. The minimum absolute atomic E-state index is 0.195. The average Bonchev–Trinajstić information content (AvgIpc) is 3.42. The minimum atomic E-state index is -0.390. The summed E-state index contributed by atoms with van der Waals surface area (Å²) in [5.74, 6) is -0.0356. The average molecular weight is 440 g/mol. The summed E-state index contributed by atoms with van der Waals surface area (Å²) >= 11 is 1.36. The number of hydrogen-bond acceptors (Lipinski definition) is 5. The number of carbonyl (C=O) groups is 3. The monoisotopic (exact) mass is 440 g/mol. The van der Waals surface area contributed by atoms with Crippen molar-refractivity contribution in [2.45, 2.75) is 0 Å². The van der Waals surface area contributed by atoms with Crippen LogP contribution in [0.25, 0.3) is 0 Å². The van der Waals surface area contributed by atoms with Crippen LogP contribution in [0.5, 0.6) is 11.5 Å². The summed E-state index contributed by atoms with van der Waals surface area (Å²) < 4.78 is 5.91. The predicted molar refractivity (Wildman–Crippen MR) is 123 cm³/mol. The van der Waals surface area contributed by atoms with Crippen molar-refractivity contribution < 1.29 is 19.1 Å². The van der Waals surface area contributed by atoms with Gasteiger partial charge in [-0.25, -0.2) is 4.90 Å². The van der Waals surface area contributed by atoms with Gasteiger partial charge in [0.05, 0.1) is 21.7 Å². The van der Waals surface area contributed by atoms with E-state index in [9.17, 15) is 14.4 Å². The summed E-state index contributed by atoms with van der Waals surface area (Å²) in [6.07, 6.45) is 0. The molecule has 3 amide bonds. The van der Waals surface area contributed by atoms with Crippen molar-refractivity contribution in [3.63, 3.8) is 0 Å². The summed E-state index contributed by atoms with van der Waals surface area (Å²) in [5, 5.41) is 4.68. The highest BCUT2D eigenvalue weighted by Gasteiger charge is 2.36. The van der Waals surface area contributed by atoms with Crippen LogP contribution in [0.4, 0.5) is 11.4 Å². The number of ether oxygens (including phenoxy) is 1. The van der Waals surface area contributed by atoms with E-state index in [4.69, 9.17) is 4.74 Å². The summed E-state index contributed by atoms with van der Waals surface area (Å²) in [4.78, 5) is 39.7. The molecule has 3 aromatic carbocycles. The van der Waals surface area contributed by atoms with E-state index in [2.05, 4.69) is 5.32 Å². The van der Waals surface area contributed by atoms with Crippen molar-refractivity contribution in [1.82, 2.24) is 0 Å². The van der Waals surface area contributed by atoms with Gasteiger partial charge in [0.15, 0.2) is 0 Å². The molecule has 0 saturated carbocycles. The second-order valence-corrected chi connectivity index (χ2v) is 8.00. The number of hydrogen-bond donors (Lipinski definition) is 1. The van der Waals surface area contributed by atoms with E-state index in [1.165, 1.54) is 11.3 Å². The smallest absolute Gasteiger partial charge is 0.266 e. The van der Waals surface area contributed by atoms with Crippen molar-refractivity contribution in [1.29, 1.82) is 0 Å². The Morgan fingerprint density at radius 2 is 1.56 bits per heavy atom. The van der Waals surface area contributed by atoms with Gasteiger partial charge in [0, 0.05) is 11.8 Å². The number of benzene rings is 3. The van der Waals surface area contributed by atoms with E-state index in [1.54, 1.807) is 72.8 Å². The highest BCUT2D eigenvalue weighted by molar-refractivity contribution is 7.12. The zero-order valence-electron chi connectivity index (χ0n) is 16.6. The topological polar surface area (TPSA) is 75.7 Å². The van der Waals surface area contributed by atoms with Gasteiger partial charge >= 0.3 is 0 Å². The van der Waals surface area contributed by atoms with Gasteiger partial charge in [0.25, 0.3) is 17.7 Å². The van der Waals surface area contributed by atoms with Crippen LogP contribution in [0.1, 0.15) is 30.4 Å². The van der Waals surface area contributed by atoms with Gasteiger partial charge in [-0.15, -0.1) is 11.3 Å². The molecule has 0 bridgehead atoms. The molecule has 0 fully saturated rings. The maximum atomic E-state index is 12.9. The highest BCUT2D eigenvalue weighted by Crippen LogP contribution is 2.32. The lowest BCUT2D eigenvalue weighted by molar-refractivity contribution is 0.0925. The van der Waals surface area contributed by atoms with Crippen LogP contribution >= 0.6 is 11.3 Å². The summed E-state index contributed by atoms with van der Waals surface area (Å²) in [7, 11) is 0. The lowest BCUT2D eigenvalue weighted by Crippen LogP contribution is -2.29. The number of nitrogens with one attached hydrogen (secondary N) is 1. The SMILES string of the molecule is O=C(Nc1cccc(Oc2ccc3c(c2)C(=O)N(c2ccccc2)C3=O)c1)c1cccs1. The number of rotatable bonds is 5. The molecule has 4 aromatic rings. The number of thiophene rings is 1. The van der Waals surface area contributed by atoms with Gasteiger partial charge in [0.2, 0.25) is 0 Å². The lowest BCUT2D eigenvalue weighted by atomic mass is 10.1. The molecule has 5 rings (SSSR count). The van der Waals surface area contributed by atoms with Crippen LogP contribution in [-0.2, 0) is 0 Å². The van der Waals surface area contributed by atoms with Crippen LogP contribution in [0.2, 0.25) is 0 Å². The molecule has 1 aliphatic rings. The predicted octanol–water partition coefficient (Wildman–Crippen LogP) is 5.59. The van der Waals surface area contributed by atoms with E-state index in [0.29, 0.717) is 38.9 Å². The molecule has 7 heteroatoms. The number of para-hydroxylation sites is 1. The molecule has 1 N–H and O–H groups in total. The van der Waals surface area contributed by atoms with Crippen molar-refractivity contribution >= 4 is 40.4 Å². The highest BCUT2D eigenvalue weighted by atomic mass is 32.1. The van der Waals surface area contributed by atoms with E-state index < -0.39 is 5.91 Å². The van der Waals surface area contributed by atoms with Crippen molar-refractivity contribution in [3.05, 3.63) is 106 Å². The molecule has 156 valence electrons. The number of fused-ring (bicyclic) bond motifs is 1. The fourth-order valence-electron chi connectivity index (χ4n) is 3.47. The lowest BCUT2D eigenvalue weighted by Gasteiger charge is -2.13. The molecule has 0 unspecified atom stereocenters. The Kier molecular flexibility index (Phi) is 5.01. The molecule has 1 aromatic heterocycles. The largest absolute Gasteiger partial charge is 0.457 e. The molecule has 0 radical (unpaired) electrons. The van der Waals surface area contributed by atoms with E-state index in [-0.39, 0.29) is 11.8 Å². The molecule has 0 aliphatic carbocycles. The normalized spacial score (nSPS) is 12.6. The number of nitrogens with zero attached hydrogens (tertiary/aromatic N) is 1. The zero-order valence-corrected chi connectivity index (χ0v) is 17.5. The van der Waals surface area contributed by atoms with Gasteiger partial charge < -0.3 is 10.1 Å². The molecule has 6 nitrogen and oxygen atoms in total. The molecule has 0 spiro atoms. The third kappa shape index (κ3) is 3.66. The van der Waals surface area contributed by atoms with Crippen LogP contribution in [0.15, 0.2) is 90.3 Å². The van der Waals surface area contributed by atoms with E-state index >= 15 is 0 Å². The number of carbonyl (C=O) groups excluding carboxylic acids is 3. The van der Waals surface area contributed by atoms with Gasteiger partial charge in [0.1, 0.15) is 11.5 Å². The first-order valence-electron chi connectivity index (χ1n) is 9.81. The first-order chi connectivity index (χ1) is 15.6. The Labute approximate surface area is 187 Å². The Morgan fingerprint density at radius 1 is 0.781 bits per heavy atom. The van der Waals surface area contributed by atoms with Crippen LogP contribution in [-0.4, -0.2) is 17.7 Å².